The fourth-order valence-electron chi connectivity index (χ4n) is 1.42. The number of hydrogen-bond acceptors (Lipinski definition) is 3. The summed E-state index contributed by atoms with van der Waals surface area (Å²) in [6.45, 7) is 4.98. The molecule has 0 aliphatic heterocycles. The summed E-state index contributed by atoms with van der Waals surface area (Å²) in [5, 5.41) is 6.56. The Morgan fingerprint density at radius 1 is 1.41 bits per heavy atom. The normalized spacial score (nSPS) is 10.2. The van der Waals surface area contributed by atoms with Crippen molar-refractivity contribution in [2.45, 2.75) is 13.3 Å². The average molecular weight is 300 g/mol. The fraction of sp³-hybridized carbons (Fsp3) is 0.417. The Morgan fingerprint density at radius 2 is 2.18 bits per heavy atom. The van der Waals surface area contributed by atoms with Gasteiger partial charge in [-0.1, -0.05) is 6.92 Å². The maximum absolute atomic E-state index is 11.0. The molecule has 1 aromatic rings. The Kier molecular flexibility index (Phi) is 6.00. The van der Waals surface area contributed by atoms with Crippen molar-refractivity contribution in [2.24, 2.45) is 5.73 Å². The second-order valence-electron chi connectivity index (χ2n) is 3.69. The van der Waals surface area contributed by atoms with E-state index in [-0.39, 0.29) is 0 Å². The quantitative estimate of drug-likeness (QED) is 0.674. The van der Waals surface area contributed by atoms with E-state index >= 15 is 0 Å². The molecule has 0 fully saturated rings. The van der Waals surface area contributed by atoms with E-state index in [1.807, 2.05) is 6.07 Å². The molecule has 0 bridgehead atoms. The number of hydrogen-bond donors (Lipinski definition) is 3. The number of primary amides is 1. The first-order valence-corrected chi connectivity index (χ1v) is 6.48. The van der Waals surface area contributed by atoms with Crippen LogP contribution in [0.4, 0.5) is 5.69 Å². The summed E-state index contributed by atoms with van der Waals surface area (Å²) in [6, 6.07) is 5.31. The molecular weight excluding hydrogens is 282 g/mol. The first-order valence-electron chi connectivity index (χ1n) is 5.69. The van der Waals surface area contributed by atoms with Crippen molar-refractivity contribution in [3.05, 3.63) is 28.2 Å². The lowest BCUT2D eigenvalue weighted by atomic mass is 10.2. The van der Waals surface area contributed by atoms with Gasteiger partial charge in [-0.3, -0.25) is 4.79 Å². The SMILES string of the molecule is CCNCCCNc1ccc(C(N)=O)cc1Br. The molecule has 0 aromatic heterocycles. The molecule has 0 radical (unpaired) electrons. The summed E-state index contributed by atoms with van der Waals surface area (Å²) in [4.78, 5) is 11.0. The summed E-state index contributed by atoms with van der Waals surface area (Å²) in [6.07, 6.45) is 1.05. The molecule has 17 heavy (non-hydrogen) atoms. The van der Waals surface area contributed by atoms with E-state index in [9.17, 15) is 4.79 Å². The van der Waals surface area contributed by atoms with Gasteiger partial charge in [-0.25, -0.2) is 0 Å². The van der Waals surface area contributed by atoms with E-state index in [1.165, 1.54) is 0 Å². The molecule has 0 unspecified atom stereocenters. The van der Waals surface area contributed by atoms with E-state index in [0.29, 0.717) is 5.56 Å². The van der Waals surface area contributed by atoms with Crippen LogP contribution in [0.25, 0.3) is 0 Å². The first-order chi connectivity index (χ1) is 8.15. The Morgan fingerprint density at radius 3 is 2.76 bits per heavy atom. The van der Waals surface area contributed by atoms with E-state index in [0.717, 1.165) is 36.2 Å². The van der Waals surface area contributed by atoms with Crippen LogP contribution in [-0.4, -0.2) is 25.5 Å². The van der Waals surface area contributed by atoms with Gasteiger partial charge in [0.25, 0.3) is 0 Å². The van der Waals surface area contributed by atoms with Gasteiger partial charge in [0.05, 0.1) is 0 Å². The van der Waals surface area contributed by atoms with Crippen LogP contribution in [0, 0.1) is 0 Å². The van der Waals surface area contributed by atoms with Crippen molar-refractivity contribution >= 4 is 27.5 Å². The lowest BCUT2D eigenvalue weighted by molar-refractivity contribution is 0.100. The Hall–Kier alpha value is -1.07. The summed E-state index contributed by atoms with van der Waals surface area (Å²) >= 11 is 3.41. The van der Waals surface area contributed by atoms with Crippen molar-refractivity contribution < 1.29 is 4.79 Å². The molecule has 1 aromatic carbocycles. The summed E-state index contributed by atoms with van der Waals surface area (Å²) < 4.78 is 0.859. The number of nitrogens with two attached hydrogens (primary N) is 1. The highest BCUT2D eigenvalue weighted by atomic mass is 79.9. The number of halogens is 1. The number of nitrogens with one attached hydrogen (secondary N) is 2. The van der Waals surface area contributed by atoms with Gasteiger partial charge in [0.2, 0.25) is 5.91 Å². The van der Waals surface area contributed by atoms with Crippen LogP contribution in [0.2, 0.25) is 0 Å². The van der Waals surface area contributed by atoms with E-state index in [2.05, 4.69) is 33.5 Å². The van der Waals surface area contributed by atoms with Gasteiger partial charge in [-0.2, -0.15) is 0 Å². The number of rotatable bonds is 7. The number of anilines is 1. The maximum atomic E-state index is 11.0. The minimum atomic E-state index is -0.413. The van der Waals surface area contributed by atoms with Crippen molar-refractivity contribution in [3.8, 4) is 0 Å². The molecular formula is C12H18BrN3O. The summed E-state index contributed by atoms with van der Waals surface area (Å²) in [5.41, 5.74) is 6.69. The Labute approximate surface area is 110 Å². The molecule has 0 atom stereocenters. The lowest BCUT2D eigenvalue weighted by Gasteiger charge is -2.09. The van der Waals surface area contributed by atoms with Gasteiger partial charge in [0, 0.05) is 22.3 Å². The van der Waals surface area contributed by atoms with Crippen LogP contribution in [-0.2, 0) is 0 Å². The van der Waals surface area contributed by atoms with Crippen molar-refractivity contribution in [3.63, 3.8) is 0 Å². The van der Waals surface area contributed by atoms with Crippen LogP contribution in [0.1, 0.15) is 23.7 Å². The van der Waals surface area contributed by atoms with Gasteiger partial charge >= 0.3 is 0 Å². The van der Waals surface area contributed by atoms with Gasteiger partial charge in [-0.15, -0.1) is 0 Å². The molecule has 0 aliphatic rings. The third-order valence-electron chi connectivity index (χ3n) is 2.35. The van der Waals surface area contributed by atoms with E-state index in [1.54, 1.807) is 12.1 Å². The summed E-state index contributed by atoms with van der Waals surface area (Å²) in [5.74, 6) is -0.413. The number of carbonyl (C=O) groups excluding carboxylic acids is 1. The first kappa shape index (κ1) is 14.0. The van der Waals surface area contributed by atoms with Crippen molar-refractivity contribution in [1.29, 1.82) is 0 Å². The second-order valence-corrected chi connectivity index (χ2v) is 4.55. The topological polar surface area (TPSA) is 67.2 Å². The standard InChI is InChI=1S/C12H18BrN3O/c1-2-15-6-3-7-16-11-5-4-9(12(14)17)8-10(11)13/h4-5,8,15-16H,2-3,6-7H2,1H3,(H2,14,17). The minimum absolute atomic E-state index is 0.413. The number of amides is 1. The van der Waals surface area contributed by atoms with Gasteiger partial charge < -0.3 is 16.4 Å². The minimum Gasteiger partial charge on any atom is -0.384 e. The highest BCUT2D eigenvalue weighted by molar-refractivity contribution is 9.10. The smallest absolute Gasteiger partial charge is 0.248 e. The maximum Gasteiger partial charge on any atom is 0.248 e. The average Bonchev–Trinajstić information content (AvgIpc) is 2.30. The zero-order valence-electron chi connectivity index (χ0n) is 9.92. The molecule has 4 N–H and O–H groups in total. The molecule has 5 heteroatoms. The third-order valence-corrected chi connectivity index (χ3v) is 3.01. The molecule has 0 heterocycles. The highest BCUT2D eigenvalue weighted by Gasteiger charge is 2.04. The zero-order valence-corrected chi connectivity index (χ0v) is 11.5. The Balaban J connectivity index is 2.46. The molecule has 0 saturated carbocycles. The van der Waals surface area contributed by atoms with Crippen molar-refractivity contribution in [2.75, 3.05) is 25.0 Å². The monoisotopic (exact) mass is 299 g/mol. The third kappa shape index (κ3) is 4.75. The van der Waals surface area contributed by atoms with Crippen LogP contribution in [0.3, 0.4) is 0 Å². The van der Waals surface area contributed by atoms with E-state index < -0.39 is 5.91 Å². The predicted octanol–water partition coefficient (Wildman–Crippen LogP) is 1.96. The zero-order chi connectivity index (χ0) is 12.7. The summed E-state index contributed by atoms with van der Waals surface area (Å²) in [7, 11) is 0. The molecule has 4 nitrogen and oxygen atoms in total. The largest absolute Gasteiger partial charge is 0.384 e. The van der Waals surface area contributed by atoms with Crippen LogP contribution in [0.15, 0.2) is 22.7 Å². The lowest BCUT2D eigenvalue weighted by Crippen LogP contribution is -2.17. The predicted molar refractivity (Wildman–Crippen MR) is 74.3 cm³/mol. The number of carbonyl (C=O) groups is 1. The van der Waals surface area contributed by atoms with Gasteiger partial charge in [0.1, 0.15) is 0 Å². The van der Waals surface area contributed by atoms with Crippen LogP contribution < -0.4 is 16.4 Å². The van der Waals surface area contributed by atoms with Crippen molar-refractivity contribution in [1.82, 2.24) is 5.32 Å². The highest BCUT2D eigenvalue weighted by Crippen LogP contribution is 2.23. The van der Waals surface area contributed by atoms with E-state index in [4.69, 9.17) is 5.73 Å². The molecule has 1 rings (SSSR count). The van der Waals surface area contributed by atoms with Crippen LogP contribution >= 0.6 is 15.9 Å². The molecule has 0 spiro atoms. The fourth-order valence-corrected chi connectivity index (χ4v) is 1.94. The molecule has 0 saturated heterocycles. The number of benzene rings is 1. The molecule has 0 aliphatic carbocycles. The molecule has 1 amide bonds. The van der Waals surface area contributed by atoms with Crippen LogP contribution in [0.5, 0.6) is 0 Å². The second kappa shape index (κ2) is 7.29. The van der Waals surface area contributed by atoms with Gasteiger partial charge in [-0.05, 0) is 53.6 Å². The molecule has 94 valence electrons. The van der Waals surface area contributed by atoms with Gasteiger partial charge in [0.15, 0.2) is 0 Å². The Bertz CT molecular complexity index is 382.